The molecule has 0 radical (unpaired) electrons. The summed E-state index contributed by atoms with van der Waals surface area (Å²) in [6.45, 7) is 0.996. The molecule has 0 N–H and O–H groups in total. The zero-order valence-electron chi connectivity index (χ0n) is 14.4. The average Bonchev–Trinajstić information content (AvgIpc) is 2.65. The highest BCUT2D eigenvalue weighted by atomic mass is 127. The predicted octanol–water partition coefficient (Wildman–Crippen LogP) is 7.19. The highest BCUT2D eigenvalue weighted by Gasteiger charge is 2.09. The Morgan fingerprint density at radius 2 is 1.75 bits per heavy atom. The SMILES string of the molecule is Fc1cc(I)c(COCc2cc(Cl)ccc2COc2cccc(Cl)n2)cc1Br. The largest absolute Gasteiger partial charge is 0.473 e. The molecule has 0 amide bonds. The summed E-state index contributed by atoms with van der Waals surface area (Å²) in [5.41, 5.74) is 2.74. The molecule has 1 aromatic heterocycles. The second-order valence-corrected chi connectivity index (χ2v) is 8.69. The molecule has 0 saturated carbocycles. The fraction of sp³-hybridized carbons (Fsp3) is 0.150. The second-order valence-electron chi connectivity index (χ2n) is 5.85. The summed E-state index contributed by atoms with van der Waals surface area (Å²) in [5.74, 6) is 0.150. The van der Waals surface area contributed by atoms with Gasteiger partial charge < -0.3 is 9.47 Å². The van der Waals surface area contributed by atoms with E-state index < -0.39 is 0 Å². The molecule has 0 spiro atoms. The monoisotopic (exact) mass is 595 g/mol. The summed E-state index contributed by atoms with van der Waals surface area (Å²) in [6, 6.07) is 13.9. The van der Waals surface area contributed by atoms with Crippen LogP contribution in [0.5, 0.6) is 5.88 Å². The number of halogens is 5. The second kappa shape index (κ2) is 10.2. The van der Waals surface area contributed by atoms with Crippen molar-refractivity contribution in [2.24, 2.45) is 0 Å². The quantitative estimate of drug-likeness (QED) is 0.164. The first-order chi connectivity index (χ1) is 13.4. The minimum atomic E-state index is -0.294. The van der Waals surface area contributed by atoms with Crippen LogP contribution in [0.2, 0.25) is 10.2 Å². The Morgan fingerprint density at radius 1 is 0.964 bits per heavy atom. The highest BCUT2D eigenvalue weighted by molar-refractivity contribution is 14.1. The van der Waals surface area contributed by atoms with Gasteiger partial charge in [-0.2, -0.15) is 0 Å². The molecule has 0 fully saturated rings. The van der Waals surface area contributed by atoms with Crippen LogP contribution in [0, 0.1) is 9.39 Å². The van der Waals surface area contributed by atoms with E-state index in [0.29, 0.717) is 40.3 Å². The number of benzene rings is 2. The van der Waals surface area contributed by atoms with Gasteiger partial charge in [-0.15, -0.1) is 0 Å². The summed E-state index contributed by atoms with van der Waals surface area (Å²) in [7, 11) is 0. The number of pyridine rings is 1. The number of hydrogen-bond acceptors (Lipinski definition) is 3. The van der Waals surface area contributed by atoms with Crippen molar-refractivity contribution in [3.05, 3.63) is 89.3 Å². The normalized spacial score (nSPS) is 10.9. The maximum atomic E-state index is 13.6. The van der Waals surface area contributed by atoms with Gasteiger partial charge in [0.15, 0.2) is 0 Å². The molecule has 0 atom stereocenters. The molecule has 28 heavy (non-hydrogen) atoms. The molecular weight excluding hydrogens is 583 g/mol. The van der Waals surface area contributed by atoms with E-state index in [4.69, 9.17) is 32.7 Å². The number of aromatic nitrogens is 1. The van der Waals surface area contributed by atoms with Gasteiger partial charge in [0.05, 0.1) is 17.7 Å². The molecule has 1 heterocycles. The average molecular weight is 597 g/mol. The first-order valence-electron chi connectivity index (χ1n) is 8.16. The lowest BCUT2D eigenvalue weighted by Gasteiger charge is -2.13. The van der Waals surface area contributed by atoms with Crippen LogP contribution in [-0.2, 0) is 24.6 Å². The van der Waals surface area contributed by atoms with E-state index >= 15 is 0 Å². The zero-order valence-corrected chi connectivity index (χ0v) is 19.6. The lowest BCUT2D eigenvalue weighted by molar-refractivity contribution is 0.105. The van der Waals surface area contributed by atoms with Gasteiger partial charge in [-0.1, -0.05) is 35.3 Å². The van der Waals surface area contributed by atoms with E-state index in [-0.39, 0.29) is 5.82 Å². The molecule has 0 aliphatic heterocycles. The van der Waals surface area contributed by atoms with Crippen LogP contribution in [0.3, 0.4) is 0 Å². The minimum Gasteiger partial charge on any atom is -0.473 e. The van der Waals surface area contributed by atoms with Crippen molar-refractivity contribution < 1.29 is 13.9 Å². The zero-order chi connectivity index (χ0) is 20.1. The van der Waals surface area contributed by atoms with Crippen LogP contribution in [0.1, 0.15) is 16.7 Å². The molecule has 0 aliphatic rings. The maximum Gasteiger partial charge on any atom is 0.214 e. The fourth-order valence-corrected chi connectivity index (χ4v) is 3.76. The van der Waals surface area contributed by atoms with Gasteiger partial charge in [0.2, 0.25) is 5.88 Å². The summed E-state index contributed by atoms with van der Waals surface area (Å²) < 4.78 is 26.4. The van der Waals surface area contributed by atoms with Crippen molar-refractivity contribution in [3.63, 3.8) is 0 Å². The van der Waals surface area contributed by atoms with Gasteiger partial charge in [0, 0.05) is 14.7 Å². The van der Waals surface area contributed by atoms with Crippen molar-refractivity contribution in [2.75, 3.05) is 0 Å². The lowest BCUT2D eigenvalue weighted by atomic mass is 10.1. The molecule has 3 rings (SSSR count). The Hall–Kier alpha value is -0.930. The smallest absolute Gasteiger partial charge is 0.214 e. The van der Waals surface area contributed by atoms with Crippen LogP contribution in [0.4, 0.5) is 4.39 Å². The first-order valence-corrected chi connectivity index (χ1v) is 10.8. The first kappa shape index (κ1) is 21.8. The summed E-state index contributed by atoms with van der Waals surface area (Å²) in [6.07, 6.45) is 0. The molecule has 0 saturated heterocycles. The number of rotatable bonds is 7. The van der Waals surface area contributed by atoms with E-state index in [9.17, 15) is 4.39 Å². The summed E-state index contributed by atoms with van der Waals surface area (Å²) >= 11 is 17.3. The molecule has 3 nitrogen and oxygen atoms in total. The Kier molecular flexibility index (Phi) is 7.93. The fourth-order valence-electron chi connectivity index (χ4n) is 2.44. The van der Waals surface area contributed by atoms with Crippen molar-refractivity contribution in [3.8, 4) is 5.88 Å². The van der Waals surface area contributed by atoms with Gasteiger partial charge in [-0.25, -0.2) is 9.37 Å². The predicted molar refractivity (Wildman–Crippen MR) is 120 cm³/mol. The van der Waals surface area contributed by atoms with Gasteiger partial charge in [0.1, 0.15) is 17.6 Å². The molecule has 3 aromatic rings. The minimum absolute atomic E-state index is 0.294. The topological polar surface area (TPSA) is 31.4 Å². The van der Waals surface area contributed by atoms with Crippen molar-refractivity contribution in [2.45, 2.75) is 19.8 Å². The van der Waals surface area contributed by atoms with E-state index in [1.165, 1.54) is 6.07 Å². The molecule has 2 aromatic carbocycles. The number of ether oxygens (including phenoxy) is 2. The third-order valence-corrected chi connectivity index (χ3v) is 5.90. The van der Waals surface area contributed by atoms with E-state index in [1.807, 2.05) is 12.1 Å². The van der Waals surface area contributed by atoms with Crippen molar-refractivity contribution >= 4 is 61.7 Å². The molecule has 146 valence electrons. The molecule has 8 heteroatoms. The van der Waals surface area contributed by atoms with Gasteiger partial charge in [-0.05, 0) is 85.5 Å². The maximum absolute atomic E-state index is 13.6. The lowest BCUT2D eigenvalue weighted by Crippen LogP contribution is -2.04. The van der Waals surface area contributed by atoms with Crippen LogP contribution >= 0.6 is 61.7 Å². The molecular formula is C20H14BrCl2FINO2. The molecule has 0 unspecified atom stereocenters. The van der Waals surface area contributed by atoms with Crippen molar-refractivity contribution in [1.29, 1.82) is 0 Å². The van der Waals surface area contributed by atoms with E-state index in [2.05, 4.69) is 43.5 Å². The Labute approximate surface area is 194 Å². The Balaban J connectivity index is 1.66. The highest BCUT2D eigenvalue weighted by Crippen LogP contribution is 2.24. The van der Waals surface area contributed by atoms with Crippen LogP contribution in [0.25, 0.3) is 0 Å². The summed E-state index contributed by atoms with van der Waals surface area (Å²) in [4.78, 5) is 4.11. The van der Waals surface area contributed by atoms with Crippen LogP contribution < -0.4 is 4.74 Å². The standard InChI is InChI=1S/C20H14BrCl2FINO2/c21-16-7-14(18(25)8-17(16)24)10-27-9-13-6-15(22)5-4-12(13)11-28-20-3-1-2-19(23)26-20/h1-8H,9-11H2. The molecule has 0 bridgehead atoms. The number of nitrogens with zero attached hydrogens (tertiary/aromatic N) is 1. The van der Waals surface area contributed by atoms with E-state index in [0.717, 1.165) is 20.3 Å². The Bertz CT molecular complexity index is 990. The third-order valence-electron chi connectivity index (χ3n) is 3.84. The van der Waals surface area contributed by atoms with E-state index in [1.54, 1.807) is 30.3 Å². The van der Waals surface area contributed by atoms with Gasteiger partial charge >= 0.3 is 0 Å². The third kappa shape index (κ3) is 6.03. The van der Waals surface area contributed by atoms with Gasteiger partial charge in [-0.3, -0.25) is 0 Å². The number of hydrogen-bond donors (Lipinski definition) is 0. The molecule has 0 aliphatic carbocycles. The van der Waals surface area contributed by atoms with Crippen LogP contribution in [0.15, 0.2) is 53.0 Å². The Morgan fingerprint density at radius 3 is 2.54 bits per heavy atom. The van der Waals surface area contributed by atoms with Crippen molar-refractivity contribution in [1.82, 2.24) is 4.98 Å². The van der Waals surface area contributed by atoms with Crippen LogP contribution in [-0.4, -0.2) is 4.98 Å². The van der Waals surface area contributed by atoms with Gasteiger partial charge in [0.25, 0.3) is 0 Å². The summed E-state index contributed by atoms with van der Waals surface area (Å²) in [5, 5.41) is 0.986.